The van der Waals surface area contributed by atoms with Gasteiger partial charge >= 0.3 is 0 Å². The molecule has 0 aliphatic heterocycles. The van der Waals surface area contributed by atoms with Gasteiger partial charge in [-0.3, -0.25) is 4.79 Å². The summed E-state index contributed by atoms with van der Waals surface area (Å²) in [5.41, 5.74) is 6.89. The minimum atomic E-state index is -0.0156. The van der Waals surface area contributed by atoms with Gasteiger partial charge in [-0.2, -0.15) is 0 Å². The van der Waals surface area contributed by atoms with Gasteiger partial charge in [0.2, 0.25) is 5.91 Å². The second-order valence-corrected chi connectivity index (χ2v) is 8.03. The van der Waals surface area contributed by atoms with Crippen molar-refractivity contribution in [2.24, 2.45) is 0 Å². The molecule has 4 heteroatoms. The molecule has 1 amide bonds. The second-order valence-electron chi connectivity index (χ2n) is 7.00. The van der Waals surface area contributed by atoms with Crippen LogP contribution in [-0.4, -0.2) is 10.9 Å². The lowest BCUT2D eigenvalue weighted by molar-refractivity contribution is -0.115. The van der Waals surface area contributed by atoms with E-state index in [0.29, 0.717) is 17.5 Å². The molecule has 0 fully saturated rings. The molecule has 0 saturated carbocycles. The number of hydrogen-bond acceptors (Lipinski definition) is 3. The predicted molar refractivity (Wildman–Crippen MR) is 107 cm³/mol. The van der Waals surface area contributed by atoms with Crippen LogP contribution in [0.4, 0.5) is 5.13 Å². The fraction of sp³-hybridized carbons (Fsp3) is 0.333. The lowest BCUT2D eigenvalue weighted by Gasteiger charge is -2.10. The van der Waals surface area contributed by atoms with Gasteiger partial charge in [-0.15, -0.1) is 0 Å². The molecule has 1 aromatic heterocycles. The highest BCUT2D eigenvalue weighted by Gasteiger charge is 2.12. The van der Waals surface area contributed by atoms with Gasteiger partial charge in [0.05, 0.1) is 16.6 Å². The van der Waals surface area contributed by atoms with Crippen LogP contribution in [0.1, 0.15) is 47.6 Å². The van der Waals surface area contributed by atoms with Crippen molar-refractivity contribution in [3.05, 3.63) is 58.1 Å². The Kier molecular flexibility index (Phi) is 4.91. The summed E-state index contributed by atoms with van der Waals surface area (Å²) < 4.78 is 1.11. The van der Waals surface area contributed by atoms with Crippen molar-refractivity contribution in [2.45, 2.75) is 47.0 Å². The largest absolute Gasteiger partial charge is 0.302 e. The van der Waals surface area contributed by atoms with Crippen molar-refractivity contribution in [3.63, 3.8) is 0 Å². The van der Waals surface area contributed by atoms with Crippen molar-refractivity contribution in [3.8, 4) is 0 Å². The monoisotopic (exact) mass is 352 g/mol. The summed E-state index contributed by atoms with van der Waals surface area (Å²) in [7, 11) is 0. The summed E-state index contributed by atoms with van der Waals surface area (Å²) in [4.78, 5) is 17.0. The van der Waals surface area contributed by atoms with Gasteiger partial charge in [0, 0.05) is 0 Å². The van der Waals surface area contributed by atoms with Gasteiger partial charge in [-0.1, -0.05) is 48.9 Å². The zero-order valence-corrected chi connectivity index (χ0v) is 16.3. The number of thiazole rings is 1. The number of carbonyl (C=O) groups excluding carboxylic acids is 1. The quantitative estimate of drug-likeness (QED) is 0.671. The van der Waals surface area contributed by atoms with E-state index in [1.165, 1.54) is 33.6 Å². The third kappa shape index (κ3) is 3.90. The summed E-state index contributed by atoms with van der Waals surface area (Å²) in [5.74, 6) is 0.468. The van der Waals surface area contributed by atoms with Crippen molar-refractivity contribution < 1.29 is 4.79 Å². The summed E-state index contributed by atoms with van der Waals surface area (Å²) in [6.07, 6.45) is 0.380. The molecule has 2 aromatic carbocycles. The first-order chi connectivity index (χ1) is 11.8. The van der Waals surface area contributed by atoms with E-state index in [1.54, 1.807) is 0 Å². The fourth-order valence-electron chi connectivity index (χ4n) is 3.17. The van der Waals surface area contributed by atoms with E-state index in [-0.39, 0.29) is 5.91 Å². The molecule has 0 aliphatic rings. The number of aryl methyl sites for hydroxylation is 3. The Bertz CT molecular complexity index is 917. The molecular weight excluding hydrogens is 328 g/mol. The molecule has 0 atom stereocenters. The topological polar surface area (TPSA) is 42.0 Å². The Balaban J connectivity index is 1.78. The number of rotatable bonds is 4. The van der Waals surface area contributed by atoms with Gasteiger partial charge < -0.3 is 5.32 Å². The van der Waals surface area contributed by atoms with Crippen molar-refractivity contribution in [1.29, 1.82) is 0 Å². The highest BCUT2D eigenvalue weighted by atomic mass is 32.1. The van der Waals surface area contributed by atoms with E-state index in [0.717, 1.165) is 15.8 Å². The Labute approximate surface area is 153 Å². The zero-order valence-electron chi connectivity index (χ0n) is 15.4. The third-order valence-corrected chi connectivity index (χ3v) is 5.44. The van der Waals surface area contributed by atoms with Gasteiger partial charge in [0.25, 0.3) is 0 Å². The van der Waals surface area contributed by atoms with Gasteiger partial charge in [0.15, 0.2) is 5.13 Å². The average Bonchev–Trinajstić information content (AvgIpc) is 2.91. The minimum absolute atomic E-state index is 0.0156. The molecule has 3 nitrogen and oxygen atoms in total. The Hall–Kier alpha value is -2.20. The molecule has 1 N–H and O–H groups in total. The first-order valence-electron chi connectivity index (χ1n) is 8.60. The van der Waals surface area contributed by atoms with Crippen LogP contribution in [0.25, 0.3) is 10.2 Å². The highest BCUT2D eigenvalue weighted by molar-refractivity contribution is 7.22. The number of aromatic nitrogens is 1. The van der Waals surface area contributed by atoms with E-state index < -0.39 is 0 Å². The Morgan fingerprint density at radius 1 is 1.12 bits per heavy atom. The van der Waals surface area contributed by atoms with Crippen LogP contribution >= 0.6 is 11.3 Å². The predicted octanol–water partition coefficient (Wildman–Crippen LogP) is 5.53. The van der Waals surface area contributed by atoms with Crippen LogP contribution in [0.2, 0.25) is 0 Å². The fourth-order valence-corrected chi connectivity index (χ4v) is 4.10. The van der Waals surface area contributed by atoms with Crippen molar-refractivity contribution in [1.82, 2.24) is 4.98 Å². The Morgan fingerprint density at radius 2 is 1.80 bits per heavy atom. The molecule has 25 heavy (non-hydrogen) atoms. The molecule has 0 bridgehead atoms. The van der Waals surface area contributed by atoms with Gasteiger partial charge in [-0.05, 0) is 61.1 Å². The molecule has 0 radical (unpaired) electrons. The normalized spacial score (nSPS) is 11.3. The summed E-state index contributed by atoms with van der Waals surface area (Å²) in [5, 5.41) is 3.64. The maximum atomic E-state index is 12.5. The summed E-state index contributed by atoms with van der Waals surface area (Å²) in [6.45, 7) is 10.6. The van der Waals surface area contributed by atoms with Crippen LogP contribution in [0.3, 0.4) is 0 Å². The maximum absolute atomic E-state index is 12.5. The summed E-state index contributed by atoms with van der Waals surface area (Å²) in [6, 6.07) is 10.6. The average molecular weight is 353 g/mol. The van der Waals surface area contributed by atoms with E-state index in [2.05, 4.69) is 69.2 Å². The number of hydrogen-bond donors (Lipinski definition) is 1. The molecule has 1 heterocycles. The van der Waals surface area contributed by atoms with E-state index in [4.69, 9.17) is 0 Å². The number of anilines is 1. The van der Waals surface area contributed by atoms with E-state index >= 15 is 0 Å². The van der Waals surface area contributed by atoms with E-state index in [9.17, 15) is 4.79 Å². The number of fused-ring (bicyclic) bond motifs is 1. The molecule has 3 aromatic rings. The molecule has 130 valence electrons. The number of nitrogens with one attached hydrogen (secondary N) is 1. The number of nitrogens with zero attached hydrogens (tertiary/aromatic N) is 1. The van der Waals surface area contributed by atoms with Crippen LogP contribution in [0.5, 0.6) is 0 Å². The lowest BCUT2D eigenvalue weighted by Crippen LogP contribution is -2.15. The molecule has 0 aliphatic carbocycles. The third-order valence-electron chi connectivity index (χ3n) is 4.50. The van der Waals surface area contributed by atoms with Crippen molar-refractivity contribution in [2.75, 3.05) is 5.32 Å². The molecule has 0 unspecified atom stereocenters. The van der Waals surface area contributed by atoms with Crippen LogP contribution < -0.4 is 5.32 Å². The smallest absolute Gasteiger partial charge is 0.230 e. The van der Waals surface area contributed by atoms with Gasteiger partial charge in [-0.25, -0.2) is 4.98 Å². The van der Waals surface area contributed by atoms with Crippen LogP contribution in [0, 0.1) is 20.8 Å². The summed E-state index contributed by atoms with van der Waals surface area (Å²) >= 11 is 1.54. The maximum Gasteiger partial charge on any atom is 0.230 e. The van der Waals surface area contributed by atoms with Crippen molar-refractivity contribution >= 4 is 32.6 Å². The SMILES string of the molecule is Cc1cc(C)c(CC(=O)Nc2nc3ccc(C(C)C)cc3s2)c(C)c1. The first kappa shape index (κ1) is 17.6. The molecular formula is C21H24N2OS. The van der Waals surface area contributed by atoms with Crippen LogP contribution in [-0.2, 0) is 11.2 Å². The number of amides is 1. The minimum Gasteiger partial charge on any atom is -0.302 e. The number of carbonyl (C=O) groups is 1. The number of benzene rings is 2. The zero-order chi connectivity index (χ0) is 18.1. The standard InChI is InChI=1S/C21H24N2OS/c1-12(2)16-6-7-18-19(10-16)25-21(22-18)23-20(24)11-17-14(4)8-13(3)9-15(17)5/h6-10,12H,11H2,1-5H3,(H,22,23,24). The molecule has 3 rings (SSSR count). The van der Waals surface area contributed by atoms with E-state index in [1.807, 2.05) is 6.07 Å². The highest BCUT2D eigenvalue weighted by Crippen LogP contribution is 2.29. The second kappa shape index (κ2) is 6.96. The van der Waals surface area contributed by atoms with Gasteiger partial charge in [0.1, 0.15) is 0 Å². The molecule has 0 saturated heterocycles. The Morgan fingerprint density at radius 3 is 2.44 bits per heavy atom. The molecule has 0 spiro atoms. The first-order valence-corrected chi connectivity index (χ1v) is 9.42. The van der Waals surface area contributed by atoms with Crippen LogP contribution in [0.15, 0.2) is 30.3 Å². The lowest BCUT2D eigenvalue weighted by atomic mass is 9.97.